The summed E-state index contributed by atoms with van der Waals surface area (Å²) in [7, 11) is 0. The van der Waals surface area contributed by atoms with Gasteiger partial charge in [0, 0.05) is 16.5 Å². The van der Waals surface area contributed by atoms with Gasteiger partial charge in [-0.1, -0.05) is 25.4 Å². The predicted octanol–water partition coefficient (Wildman–Crippen LogP) is 3.49. The minimum Gasteiger partial charge on any atom is -0.388 e. The molecule has 0 saturated heterocycles. The lowest BCUT2D eigenvalue weighted by atomic mass is 9.97. The molecular formula is C15H22ClNO2S. The standard InChI is InChI=1S/C15H22ClNO2S/c1-4-15(19,5-2)10-17-14(18)11(3)20-13-8-6-12(16)7-9-13/h6-9,11,19H,4-5,10H2,1-3H3,(H,17,18). The number of nitrogens with one attached hydrogen (secondary N) is 1. The lowest BCUT2D eigenvalue weighted by Gasteiger charge is -2.26. The van der Waals surface area contributed by atoms with E-state index in [2.05, 4.69) is 5.32 Å². The fourth-order valence-corrected chi connectivity index (χ4v) is 2.68. The largest absolute Gasteiger partial charge is 0.388 e. The molecule has 0 heterocycles. The van der Waals surface area contributed by atoms with Crippen molar-refractivity contribution in [2.75, 3.05) is 6.54 Å². The maximum Gasteiger partial charge on any atom is 0.233 e. The Balaban J connectivity index is 2.49. The van der Waals surface area contributed by atoms with Gasteiger partial charge in [0.25, 0.3) is 0 Å². The zero-order valence-corrected chi connectivity index (χ0v) is 13.7. The molecule has 1 unspecified atom stereocenters. The van der Waals surface area contributed by atoms with Crippen LogP contribution in [0.25, 0.3) is 0 Å². The molecule has 2 N–H and O–H groups in total. The molecule has 0 aliphatic rings. The second kappa shape index (κ2) is 7.91. The fourth-order valence-electron chi connectivity index (χ4n) is 1.67. The molecule has 5 heteroatoms. The molecule has 112 valence electrons. The maximum absolute atomic E-state index is 12.0. The van der Waals surface area contributed by atoms with Crippen LogP contribution in [0.3, 0.4) is 0 Å². The van der Waals surface area contributed by atoms with Crippen molar-refractivity contribution in [1.29, 1.82) is 0 Å². The molecule has 0 aromatic heterocycles. The highest BCUT2D eigenvalue weighted by Crippen LogP contribution is 2.25. The summed E-state index contributed by atoms with van der Waals surface area (Å²) in [5.41, 5.74) is -0.805. The number of carbonyl (C=O) groups is 1. The van der Waals surface area contributed by atoms with Crippen molar-refractivity contribution in [2.45, 2.75) is 49.4 Å². The second-order valence-electron chi connectivity index (χ2n) is 4.86. The lowest BCUT2D eigenvalue weighted by Crippen LogP contribution is -2.44. The van der Waals surface area contributed by atoms with Gasteiger partial charge in [0.05, 0.1) is 10.9 Å². The van der Waals surface area contributed by atoms with Gasteiger partial charge in [-0.3, -0.25) is 4.79 Å². The highest BCUT2D eigenvalue weighted by molar-refractivity contribution is 8.00. The highest BCUT2D eigenvalue weighted by Gasteiger charge is 2.24. The summed E-state index contributed by atoms with van der Waals surface area (Å²) in [4.78, 5) is 13.0. The molecule has 20 heavy (non-hydrogen) atoms. The number of rotatable bonds is 7. The molecule has 0 aliphatic carbocycles. The Kier molecular flexibility index (Phi) is 6.86. The summed E-state index contributed by atoms with van der Waals surface area (Å²) < 4.78 is 0. The molecule has 1 atom stereocenters. The van der Waals surface area contributed by atoms with Gasteiger partial charge < -0.3 is 10.4 Å². The highest BCUT2D eigenvalue weighted by atomic mass is 35.5. The Morgan fingerprint density at radius 2 is 1.90 bits per heavy atom. The van der Waals surface area contributed by atoms with Gasteiger partial charge in [-0.2, -0.15) is 0 Å². The predicted molar refractivity (Wildman–Crippen MR) is 85.3 cm³/mol. The summed E-state index contributed by atoms with van der Waals surface area (Å²) in [6, 6.07) is 7.40. The number of amides is 1. The third kappa shape index (κ3) is 5.35. The minimum absolute atomic E-state index is 0.0646. The normalized spacial score (nSPS) is 13.1. The van der Waals surface area contributed by atoms with Gasteiger partial charge in [-0.05, 0) is 44.0 Å². The lowest BCUT2D eigenvalue weighted by molar-refractivity contribution is -0.121. The molecule has 0 fully saturated rings. The van der Waals surface area contributed by atoms with E-state index in [9.17, 15) is 9.90 Å². The van der Waals surface area contributed by atoms with Crippen LogP contribution in [0.15, 0.2) is 29.2 Å². The van der Waals surface area contributed by atoms with Crippen LogP contribution in [-0.2, 0) is 4.79 Å². The van der Waals surface area contributed by atoms with E-state index in [0.29, 0.717) is 24.4 Å². The molecular weight excluding hydrogens is 294 g/mol. The molecule has 1 aromatic carbocycles. The monoisotopic (exact) mass is 315 g/mol. The smallest absolute Gasteiger partial charge is 0.233 e. The maximum atomic E-state index is 12.0. The van der Waals surface area contributed by atoms with Crippen LogP contribution in [-0.4, -0.2) is 28.4 Å². The van der Waals surface area contributed by atoms with Crippen LogP contribution < -0.4 is 5.32 Å². The third-order valence-corrected chi connectivity index (χ3v) is 4.77. The molecule has 0 bridgehead atoms. The van der Waals surface area contributed by atoms with Crippen LogP contribution in [0.4, 0.5) is 0 Å². The van der Waals surface area contributed by atoms with Crippen LogP contribution in [0, 0.1) is 0 Å². The Morgan fingerprint density at radius 3 is 2.40 bits per heavy atom. The van der Waals surface area contributed by atoms with E-state index in [1.54, 1.807) is 12.1 Å². The first-order chi connectivity index (χ1) is 9.40. The van der Waals surface area contributed by atoms with Crippen LogP contribution in [0.5, 0.6) is 0 Å². The average Bonchev–Trinajstić information content (AvgIpc) is 2.46. The number of hydrogen-bond acceptors (Lipinski definition) is 3. The fraction of sp³-hybridized carbons (Fsp3) is 0.533. The van der Waals surface area contributed by atoms with Crippen molar-refractivity contribution in [3.05, 3.63) is 29.3 Å². The number of carbonyl (C=O) groups excluding carboxylic acids is 1. The Bertz CT molecular complexity index is 432. The molecule has 1 amide bonds. The summed E-state index contributed by atoms with van der Waals surface area (Å²) in [6.07, 6.45) is 1.25. The molecule has 3 nitrogen and oxygen atoms in total. The van der Waals surface area contributed by atoms with Crippen molar-refractivity contribution in [3.63, 3.8) is 0 Å². The van der Waals surface area contributed by atoms with Gasteiger partial charge in [0.1, 0.15) is 0 Å². The van der Waals surface area contributed by atoms with Gasteiger partial charge in [0.2, 0.25) is 5.91 Å². The molecule has 1 rings (SSSR count). The minimum atomic E-state index is -0.805. The summed E-state index contributed by atoms with van der Waals surface area (Å²) in [5.74, 6) is -0.0646. The van der Waals surface area contributed by atoms with E-state index in [1.165, 1.54) is 11.8 Å². The third-order valence-electron chi connectivity index (χ3n) is 3.40. The molecule has 1 aromatic rings. The zero-order valence-electron chi connectivity index (χ0n) is 12.1. The summed E-state index contributed by atoms with van der Waals surface area (Å²) >= 11 is 7.30. The van der Waals surface area contributed by atoms with E-state index in [-0.39, 0.29) is 11.2 Å². The van der Waals surface area contributed by atoms with E-state index in [0.717, 1.165) is 4.90 Å². The van der Waals surface area contributed by atoms with Crippen molar-refractivity contribution < 1.29 is 9.90 Å². The average molecular weight is 316 g/mol. The number of thioether (sulfide) groups is 1. The van der Waals surface area contributed by atoms with Gasteiger partial charge >= 0.3 is 0 Å². The first-order valence-electron chi connectivity index (χ1n) is 6.82. The van der Waals surface area contributed by atoms with E-state index >= 15 is 0 Å². The van der Waals surface area contributed by atoms with Gasteiger partial charge in [-0.25, -0.2) is 0 Å². The molecule has 0 spiro atoms. The second-order valence-corrected chi connectivity index (χ2v) is 6.71. The molecule has 0 aliphatic heterocycles. The van der Waals surface area contributed by atoms with E-state index < -0.39 is 5.60 Å². The van der Waals surface area contributed by atoms with Gasteiger partial charge in [-0.15, -0.1) is 11.8 Å². The van der Waals surface area contributed by atoms with Crippen LogP contribution in [0.1, 0.15) is 33.6 Å². The van der Waals surface area contributed by atoms with Crippen molar-refractivity contribution in [2.24, 2.45) is 0 Å². The Morgan fingerprint density at radius 1 is 1.35 bits per heavy atom. The summed E-state index contributed by atoms with van der Waals surface area (Å²) in [5, 5.41) is 13.4. The number of aliphatic hydroxyl groups is 1. The van der Waals surface area contributed by atoms with Crippen molar-refractivity contribution in [3.8, 4) is 0 Å². The molecule has 0 radical (unpaired) electrons. The van der Waals surface area contributed by atoms with Crippen molar-refractivity contribution in [1.82, 2.24) is 5.32 Å². The van der Waals surface area contributed by atoms with E-state index in [1.807, 2.05) is 32.9 Å². The van der Waals surface area contributed by atoms with Crippen LogP contribution in [0.2, 0.25) is 5.02 Å². The Hall–Kier alpha value is -0.710. The van der Waals surface area contributed by atoms with Gasteiger partial charge in [0.15, 0.2) is 0 Å². The first-order valence-corrected chi connectivity index (χ1v) is 8.08. The van der Waals surface area contributed by atoms with E-state index in [4.69, 9.17) is 11.6 Å². The number of hydrogen-bond donors (Lipinski definition) is 2. The number of benzene rings is 1. The first kappa shape index (κ1) is 17.3. The van der Waals surface area contributed by atoms with Crippen molar-refractivity contribution >= 4 is 29.3 Å². The topological polar surface area (TPSA) is 49.3 Å². The zero-order chi connectivity index (χ0) is 15.2. The number of halogens is 1. The molecule has 0 saturated carbocycles. The SMILES string of the molecule is CCC(O)(CC)CNC(=O)C(C)Sc1ccc(Cl)cc1. The quantitative estimate of drug-likeness (QED) is 0.757. The summed E-state index contributed by atoms with van der Waals surface area (Å²) in [6.45, 7) is 5.99. The van der Waals surface area contributed by atoms with Crippen LogP contribution >= 0.6 is 23.4 Å². The Labute approximate surface area is 130 Å².